The topological polar surface area (TPSA) is 83.1 Å². The smallest absolute Gasteiger partial charge is 0.247 e. The molecule has 1 aromatic rings. The number of ether oxygens (including phenoxy) is 2. The summed E-state index contributed by atoms with van der Waals surface area (Å²) in [6, 6.07) is 9.25. The Bertz CT molecular complexity index is 642. The van der Waals surface area contributed by atoms with Crippen molar-refractivity contribution >= 4 is 17.5 Å². The van der Waals surface area contributed by atoms with Crippen LogP contribution in [-0.4, -0.2) is 76.4 Å². The molecule has 2 heterocycles. The minimum atomic E-state index is -0.324. The van der Waals surface area contributed by atoms with E-state index in [0.29, 0.717) is 39.4 Å². The fourth-order valence-corrected chi connectivity index (χ4v) is 3.76. The molecule has 0 spiro atoms. The number of nitrogens with one attached hydrogen (secondary N) is 2. The highest BCUT2D eigenvalue weighted by molar-refractivity contribution is 5.98. The number of fused-ring (bicyclic) bond motifs is 1. The van der Waals surface area contributed by atoms with Gasteiger partial charge in [0.25, 0.3) is 0 Å². The molecular weight excluding hydrogens is 348 g/mol. The van der Waals surface area contributed by atoms with Crippen LogP contribution in [0, 0.1) is 11.8 Å². The lowest BCUT2D eigenvalue weighted by atomic mass is 9.84. The Balaban J connectivity index is 1.77. The van der Waals surface area contributed by atoms with Crippen LogP contribution in [0.3, 0.4) is 0 Å². The molecular formula is C19H28N4O4. The average Bonchev–Trinajstić information content (AvgIpc) is 3.03. The Morgan fingerprint density at radius 2 is 1.93 bits per heavy atom. The summed E-state index contributed by atoms with van der Waals surface area (Å²) in [6.45, 7) is 3.39. The van der Waals surface area contributed by atoms with Crippen LogP contribution in [0.1, 0.15) is 0 Å². The molecule has 3 unspecified atom stereocenters. The van der Waals surface area contributed by atoms with Crippen LogP contribution in [0.25, 0.3) is 0 Å². The van der Waals surface area contributed by atoms with Crippen LogP contribution in [0.15, 0.2) is 30.3 Å². The van der Waals surface area contributed by atoms with E-state index in [1.165, 1.54) is 0 Å². The molecule has 0 aromatic heterocycles. The minimum absolute atomic E-state index is 0.00279. The van der Waals surface area contributed by atoms with E-state index in [4.69, 9.17) is 9.47 Å². The van der Waals surface area contributed by atoms with Gasteiger partial charge in [0.2, 0.25) is 11.8 Å². The lowest BCUT2D eigenvalue weighted by molar-refractivity contribution is -0.130. The van der Waals surface area contributed by atoms with Gasteiger partial charge in [0.15, 0.2) is 0 Å². The van der Waals surface area contributed by atoms with Gasteiger partial charge >= 0.3 is 0 Å². The second kappa shape index (κ2) is 9.27. The number of piperidine rings is 1. The summed E-state index contributed by atoms with van der Waals surface area (Å²) in [4.78, 5) is 28.0. The van der Waals surface area contributed by atoms with E-state index in [1.807, 2.05) is 30.3 Å². The predicted molar refractivity (Wildman–Crippen MR) is 101 cm³/mol. The number of para-hydroxylation sites is 1. The number of amides is 2. The molecule has 2 N–H and O–H groups in total. The van der Waals surface area contributed by atoms with Crippen molar-refractivity contribution in [3.05, 3.63) is 30.3 Å². The predicted octanol–water partition coefficient (Wildman–Crippen LogP) is -0.137. The summed E-state index contributed by atoms with van der Waals surface area (Å²) in [5.74, 6) is -0.647. The van der Waals surface area contributed by atoms with Crippen molar-refractivity contribution in [3.63, 3.8) is 0 Å². The molecule has 2 saturated heterocycles. The Morgan fingerprint density at radius 3 is 2.63 bits per heavy atom. The molecule has 1 aromatic carbocycles. The molecule has 0 radical (unpaired) electrons. The molecule has 2 aliphatic heterocycles. The summed E-state index contributed by atoms with van der Waals surface area (Å²) in [5.41, 5.74) is 4.08. The first kappa shape index (κ1) is 19.8. The van der Waals surface area contributed by atoms with E-state index in [9.17, 15) is 9.59 Å². The van der Waals surface area contributed by atoms with Gasteiger partial charge in [-0.05, 0) is 12.1 Å². The van der Waals surface area contributed by atoms with E-state index >= 15 is 0 Å². The third kappa shape index (κ3) is 4.47. The maximum Gasteiger partial charge on any atom is 0.247 e. The van der Waals surface area contributed by atoms with E-state index in [1.54, 1.807) is 19.2 Å². The van der Waals surface area contributed by atoms with Gasteiger partial charge in [0.1, 0.15) is 0 Å². The van der Waals surface area contributed by atoms with Crippen molar-refractivity contribution in [2.75, 3.05) is 58.6 Å². The molecule has 2 aliphatic rings. The largest absolute Gasteiger partial charge is 0.383 e. The number of likely N-dealkylation sites (tertiary alicyclic amines) is 1. The van der Waals surface area contributed by atoms with Crippen molar-refractivity contribution in [2.45, 2.75) is 6.04 Å². The van der Waals surface area contributed by atoms with Crippen LogP contribution in [0.2, 0.25) is 0 Å². The fourth-order valence-electron chi connectivity index (χ4n) is 3.76. The maximum atomic E-state index is 13.0. The van der Waals surface area contributed by atoms with E-state index in [0.717, 1.165) is 5.69 Å². The van der Waals surface area contributed by atoms with Gasteiger partial charge in [-0.1, -0.05) is 18.2 Å². The van der Waals surface area contributed by atoms with E-state index in [-0.39, 0.29) is 29.7 Å². The molecule has 2 amide bonds. The number of carbonyl (C=O) groups excluding carboxylic acids is 2. The van der Waals surface area contributed by atoms with E-state index in [2.05, 4.69) is 15.6 Å². The fraction of sp³-hybridized carbons (Fsp3) is 0.579. The molecule has 0 saturated carbocycles. The van der Waals surface area contributed by atoms with Crippen LogP contribution in [0.4, 0.5) is 5.69 Å². The standard InChI is InChI=1S/C19H28N4O4/c1-26-10-8-20-18(24)15-12-22(9-11-27-2)13-16-17(15)21-23(19(16)25)14-6-4-3-5-7-14/h3-7,15-17,21H,8-13H2,1-2H3,(H,20,24). The zero-order valence-corrected chi connectivity index (χ0v) is 15.9. The first-order chi connectivity index (χ1) is 13.2. The van der Waals surface area contributed by atoms with Crippen LogP contribution >= 0.6 is 0 Å². The molecule has 0 aliphatic carbocycles. The lowest BCUT2D eigenvalue weighted by Gasteiger charge is -2.38. The molecule has 3 rings (SSSR count). The van der Waals surface area contributed by atoms with Crippen molar-refractivity contribution in [1.29, 1.82) is 0 Å². The summed E-state index contributed by atoms with van der Waals surface area (Å²) >= 11 is 0. The molecule has 2 fully saturated rings. The number of anilines is 1. The van der Waals surface area contributed by atoms with Gasteiger partial charge in [-0.25, -0.2) is 10.4 Å². The summed E-state index contributed by atoms with van der Waals surface area (Å²) < 4.78 is 10.2. The molecule has 3 atom stereocenters. The third-order valence-electron chi connectivity index (χ3n) is 5.16. The summed E-state index contributed by atoms with van der Waals surface area (Å²) in [7, 11) is 3.26. The van der Waals surface area contributed by atoms with Crippen LogP contribution < -0.4 is 15.8 Å². The number of methoxy groups -OCH3 is 2. The van der Waals surface area contributed by atoms with Gasteiger partial charge in [-0.3, -0.25) is 14.5 Å². The van der Waals surface area contributed by atoms with Crippen molar-refractivity contribution < 1.29 is 19.1 Å². The number of benzene rings is 1. The Kier molecular flexibility index (Phi) is 6.78. The molecule has 148 valence electrons. The van der Waals surface area contributed by atoms with Crippen molar-refractivity contribution in [2.24, 2.45) is 11.8 Å². The van der Waals surface area contributed by atoms with Gasteiger partial charge in [-0.15, -0.1) is 0 Å². The monoisotopic (exact) mass is 376 g/mol. The zero-order valence-electron chi connectivity index (χ0n) is 15.9. The van der Waals surface area contributed by atoms with Crippen LogP contribution in [0.5, 0.6) is 0 Å². The summed E-state index contributed by atoms with van der Waals surface area (Å²) in [5, 5.41) is 4.51. The minimum Gasteiger partial charge on any atom is -0.383 e. The second-order valence-corrected chi connectivity index (χ2v) is 6.91. The molecule has 8 heteroatoms. The quantitative estimate of drug-likeness (QED) is 0.615. The molecule has 27 heavy (non-hydrogen) atoms. The number of rotatable bonds is 8. The Labute approximate surface area is 159 Å². The number of hydrogen-bond donors (Lipinski definition) is 2. The van der Waals surface area contributed by atoms with Gasteiger partial charge in [-0.2, -0.15) is 0 Å². The SMILES string of the molecule is COCCNC(=O)C1CN(CCOC)CC2C(=O)N(c3ccccc3)NC12. The maximum absolute atomic E-state index is 13.0. The van der Waals surface area contributed by atoms with Gasteiger partial charge < -0.3 is 14.8 Å². The highest BCUT2D eigenvalue weighted by atomic mass is 16.5. The average molecular weight is 376 g/mol. The van der Waals surface area contributed by atoms with Crippen molar-refractivity contribution in [3.8, 4) is 0 Å². The normalized spacial score (nSPS) is 25.5. The highest BCUT2D eigenvalue weighted by Crippen LogP contribution is 2.31. The highest BCUT2D eigenvalue weighted by Gasteiger charge is 2.50. The zero-order chi connectivity index (χ0) is 19.2. The number of hydrazine groups is 1. The van der Waals surface area contributed by atoms with Gasteiger partial charge in [0, 0.05) is 40.4 Å². The van der Waals surface area contributed by atoms with E-state index < -0.39 is 0 Å². The third-order valence-corrected chi connectivity index (χ3v) is 5.16. The molecule has 8 nitrogen and oxygen atoms in total. The number of carbonyl (C=O) groups is 2. The number of nitrogens with zero attached hydrogens (tertiary/aromatic N) is 2. The Morgan fingerprint density at radius 1 is 1.19 bits per heavy atom. The van der Waals surface area contributed by atoms with Crippen molar-refractivity contribution in [1.82, 2.24) is 15.6 Å². The first-order valence-corrected chi connectivity index (χ1v) is 9.29. The summed E-state index contributed by atoms with van der Waals surface area (Å²) in [6.07, 6.45) is 0. The Hall–Kier alpha value is -2.00. The van der Waals surface area contributed by atoms with Gasteiger partial charge in [0.05, 0.1) is 36.8 Å². The lowest BCUT2D eigenvalue weighted by Crippen LogP contribution is -2.57. The number of hydrogen-bond acceptors (Lipinski definition) is 6. The first-order valence-electron chi connectivity index (χ1n) is 9.29. The molecule has 0 bridgehead atoms. The second-order valence-electron chi connectivity index (χ2n) is 6.91. The van der Waals surface area contributed by atoms with Crippen LogP contribution in [-0.2, 0) is 19.1 Å².